The average molecular weight is 513 g/mol. The molecule has 2 atom stereocenters. The summed E-state index contributed by atoms with van der Waals surface area (Å²) in [5.41, 5.74) is 1.80. The lowest BCUT2D eigenvalue weighted by molar-refractivity contribution is 0.0850. The van der Waals surface area contributed by atoms with Crippen LogP contribution in [0.3, 0.4) is 0 Å². The Bertz CT molecular complexity index is 1660. The van der Waals surface area contributed by atoms with Gasteiger partial charge in [0, 0.05) is 24.6 Å². The molecule has 3 heterocycles. The van der Waals surface area contributed by atoms with E-state index in [1.807, 2.05) is 0 Å². The number of pyridine rings is 1. The van der Waals surface area contributed by atoms with Gasteiger partial charge in [-0.15, -0.1) is 4.98 Å². The maximum Gasteiger partial charge on any atom is 0.270 e. The average Bonchev–Trinajstić information content (AvgIpc) is 3.45. The van der Waals surface area contributed by atoms with Crippen LogP contribution in [0, 0.1) is 12.4 Å². The summed E-state index contributed by atoms with van der Waals surface area (Å²) in [7, 11) is 0. The monoisotopic (exact) mass is 513 g/mol. The van der Waals surface area contributed by atoms with Gasteiger partial charge < -0.3 is 20.6 Å². The van der Waals surface area contributed by atoms with Gasteiger partial charge in [-0.05, 0) is 41.8 Å². The second-order valence-electron chi connectivity index (χ2n) is 8.76. The molecule has 0 fully saturated rings. The van der Waals surface area contributed by atoms with Crippen molar-refractivity contribution in [1.29, 1.82) is 0 Å². The highest BCUT2D eigenvalue weighted by Crippen LogP contribution is 2.32. The summed E-state index contributed by atoms with van der Waals surface area (Å²) in [6, 6.07) is 8.53. The minimum Gasteiger partial charge on any atom is -0.390 e. The summed E-state index contributed by atoms with van der Waals surface area (Å²) >= 11 is 0. The Hall–Kier alpha value is -5.02. The highest BCUT2D eigenvalue weighted by Gasteiger charge is 2.33. The number of nitrogens with one attached hydrogen (secondary N) is 2. The van der Waals surface area contributed by atoms with E-state index < -0.39 is 29.8 Å². The number of aliphatic hydroxyl groups is 1. The lowest BCUT2D eigenvalue weighted by Gasteiger charge is -2.18. The molecule has 12 heteroatoms. The van der Waals surface area contributed by atoms with E-state index in [-0.39, 0.29) is 41.6 Å². The standard InChI is InChI=1S/C26H20FN7O4/c1-13(35)15-3-4-17-16(8-15)9-21(36)23(17)33-26(38)20-10-19(32-24-18(27)12-31-34(20)24)25(37)30-11-14-5-6-29-22(7-14)28-2/h3-8,10,12,21,23,36H,9,11H2,1H3,(H,30,37)(H,33,38)/t21-,23+/m0/s1. The van der Waals surface area contributed by atoms with Crippen molar-refractivity contribution in [2.75, 3.05) is 0 Å². The zero-order valence-electron chi connectivity index (χ0n) is 20.0. The third kappa shape index (κ3) is 4.58. The van der Waals surface area contributed by atoms with Gasteiger partial charge in [0.15, 0.2) is 17.2 Å². The predicted octanol–water partition coefficient (Wildman–Crippen LogP) is 2.33. The molecule has 190 valence electrons. The van der Waals surface area contributed by atoms with Crippen LogP contribution in [0.4, 0.5) is 10.2 Å². The van der Waals surface area contributed by atoms with Gasteiger partial charge in [-0.1, -0.05) is 18.7 Å². The maximum atomic E-state index is 14.4. The fourth-order valence-corrected chi connectivity index (χ4v) is 4.36. The number of fused-ring (bicyclic) bond motifs is 2. The number of carbonyl (C=O) groups excluding carboxylic acids is 3. The third-order valence-corrected chi connectivity index (χ3v) is 6.26. The Morgan fingerprint density at radius 2 is 2.03 bits per heavy atom. The summed E-state index contributed by atoms with van der Waals surface area (Å²) in [5.74, 6) is -2.15. The van der Waals surface area contributed by atoms with Crippen molar-refractivity contribution in [3.63, 3.8) is 0 Å². The largest absolute Gasteiger partial charge is 0.390 e. The molecule has 0 saturated heterocycles. The van der Waals surface area contributed by atoms with E-state index in [9.17, 15) is 23.9 Å². The predicted molar refractivity (Wildman–Crippen MR) is 131 cm³/mol. The van der Waals surface area contributed by atoms with E-state index >= 15 is 0 Å². The Morgan fingerprint density at radius 1 is 1.21 bits per heavy atom. The number of benzene rings is 1. The van der Waals surface area contributed by atoms with Crippen molar-refractivity contribution >= 4 is 29.1 Å². The number of aromatic nitrogens is 4. The number of ketones is 1. The van der Waals surface area contributed by atoms with Crippen LogP contribution in [0.2, 0.25) is 0 Å². The number of Topliss-reactive ketones (excluding diaryl/α,β-unsaturated/α-hetero) is 1. The van der Waals surface area contributed by atoms with Gasteiger partial charge in [0.1, 0.15) is 17.6 Å². The van der Waals surface area contributed by atoms with Crippen LogP contribution >= 0.6 is 0 Å². The van der Waals surface area contributed by atoms with Crippen molar-refractivity contribution in [2.24, 2.45) is 0 Å². The summed E-state index contributed by atoms with van der Waals surface area (Å²) < 4.78 is 15.4. The van der Waals surface area contributed by atoms with Crippen molar-refractivity contribution in [2.45, 2.75) is 32.0 Å². The fourth-order valence-electron chi connectivity index (χ4n) is 4.36. The molecule has 5 rings (SSSR count). The van der Waals surface area contributed by atoms with Crippen LogP contribution in [0.15, 0.2) is 48.8 Å². The number of aliphatic hydroxyl groups excluding tert-OH is 1. The normalized spacial score (nSPS) is 16.1. The molecule has 0 saturated carbocycles. The van der Waals surface area contributed by atoms with Gasteiger partial charge in [0.25, 0.3) is 17.6 Å². The van der Waals surface area contributed by atoms with Crippen molar-refractivity contribution in [1.82, 2.24) is 30.2 Å². The minimum atomic E-state index is -0.952. The van der Waals surface area contributed by atoms with Crippen LogP contribution in [-0.2, 0) is 13.0 Å². The van der Waals surface area contributed by atoms with Crippen LogP contribution < -0.4 is 10.6 Å². The van der Waals surface area contributed by atoms with Gasteiger partial charge in [-0.25, -0.2) is 13.9 Å². The molecule has 1 aliphatic rings. The molecule has 3 N–H and O–H groups in total. The first kappa shape index (κ1) is 24.7. The smallest absolute Gasteiger partial charge is 0.270 e. The van der Waals surface area contributed by atoms with Gasteiger partial charge in [0.05, 0.1) is 18.3 Å². The topological polar surface area (TPSA) is 143 Å². The van der Waals surface area contributed by atoms with Gasteiger partial charge in [0.2, 0.25) is 0 Å². The molecule has 0 unspecified atom stereocenters. The van der Waals surface area contributed by atoms with Gasteiger partial charge in [-0.3, -0.25) is 14.4 Å². The van der Waals surface area contributed by atoms with Gasteiger partial charge in [-0.2, -0.15) is 5.10 Å². The van der Waals surface area contributed by atoms with Crippen LogP contribution in [0.25, 0.3) is 10.5 Å². The molecular formula is C26H20FN7O4. The lowest BCUT2D eigenvalue weighted by atomic mass is 10.0. The SMILES string of the molecule is [C-]#[N+]c1cc(CNC(=O)c2cc(C(=O)N[C@@H]3c4ccc(C(C)=O)cc4C[C@@H]3O)n3ncc(F)c3n2)ccn1. The molecule has 4 aromatic rings. The second-order valence-corrected chi connectivity index (χ2v) is 8.76. The molecule has 3 aromatic heterocycles. The number of hydrogen-bond donors (Lipinski definition) is 3. The van der Waals surface area contributed by atoms with E-state index in [1.54, 1.807) is 24.3 Å². The molecule has 0 aliphatic heterocycles. The number of carbonyl (C=O) groups is 3. The summed E-state index contributed by atoms with van der Waals surface area (Å²) in [6.45, 7) is 8.54. The summed E-state index contributed by atoms with van der Waals surface area (Å²) in [6.07, 6.45) is 1.61. The zero-order valence-corrected chi connectivity index (χ0v) is 20.0. The van der Waals surface area contributed by atoms with E-state index in [4.69, 9.17) is 6.57 Å². The number of halogens is 1. The van der Waals surface area contributed by atoms with E-state index in [0.717, 1.165) is 16.3 Å². The molecule has 0 radical (unpaired) electrons. The Morgan fingerprint density at radius 3 is 2.79 bits per heavy atom. The van der Waals surface area contributed by atoms with Crippen LogP contribution in [0.5, 0.6) is 0 Å². The first-order valence-corrected chi connectivity index (χ1v) is 11.5. The van der Waals surface area contributed by atoms with Gasteiger partial charge >= 0.3 is 0 Å². The third-order valence-electron chi connectivity index (χ3n) is 6.26. The molecule has 0 bridgehead atoms. The van der Waals surface area contributed by atoms with E-state index in [2.05, 4.69) is 30.5 Å². The quantitative estimate of drug-likeness (QED) is 0.265. The van der Waals surface area contributed by atoms with E-state index in [0.29, 0.717) is 16.7 Å². The molecular weight excluding hydrogens is 493 g/mol. The highest BCUT2D eigenvalue weighted by atomic mass is 19.1. The highest BCUT2D eigenvalue weighted by molar-refractivity contribution is 5.98. The Balaban J connectivity index is 1.41. The van der Waals surface area contributed by atoms with Crippen LogP contribution in [-0.4, -0.2) is 48.4 Å². The molecule has 11 nitrogen and oxygen atoms in total. The fraction of sp³-hybridized carbons (Fsp3) is 0.192. The minimum absolute atomic E-state index is 0.0489. The Kier molecular flexibility index (Phi) is 6.36. The zero-order chi connectivity index (χ0) is 27.0. The van der Waals surface area contributed by atoms with Crippen molar-refractivity contribution in [3.8, 4) is 0 Å². The molecule has 1 aromatic carbocycles. The van der Waals surface area contributed by atoms with Crippen molar-refractivity contribution < 1.29 is 23.9 Å². The Labute approximate surface area is 215 Å². The number of amides is 2. The summed E-state index contributed by atoms with van der Waals surface area (Å²) in [4.78, 5) is 49.1. The number of hydrogen-bond acceptors (Lipinski definition) is 7. The maximum absolute atomic E-state index is 14.4. The molecule has 1 aliphatic carbocycles. The molecule has 2 amide bonds. The van der Waals surface area contributed by atoms with Crippen LogP contribution in [0.1, 0.15) is 61.0 Å². The van der Waals surface area contributed by atoms with E-state index in [1.165, 1.54) is 25.3 Å². The summed E-state index contributed by atoms with van der Waals surface area (Å²) in [5, 5.41) is 19.9. The second kappa shape index (κ2) is 9.79. The molecule has 0 spiro atoms. The number of nitrogens with zero attached hydrogens (tertiary/aromatic N) is 5. The lowest BCUT2D eigenvalue weighted by Crippen LogP contribution is -2.35. The van der Waals surface area contributed by atoms with Crippen molar-refractivity contribution in [3.05, 3.63) is 99.7 Å². The first-order chi connectivity index (χ1) is 18.2. The molecule has 38 heavy (non-hydrogen) atoms. The first-order valence-electron chi connectivity index (χ1n) is 11.5. The number of rotatable bonds is 6.